The number of aliphatic imine (C=N–C) groups is 1. The van der Waals surface area contributed by atoms with Gasteiger partial charge in [0.05, 0.1) is 12.1 Å². The summed E-state index contributed by atoms with van der Waals surface area (Å²) in [6, 6.07) is 4.97. The highest BCUT2D eigenvalue weighted by atomic mass is 16.6. The summed E-state index contributed by atoms with van der Waals surface area (Å²) in [5, 5.41) is 6.59. The van der Waals surface area contributed by atoms with Crippen molar-refractivity contribution in [2.24, 2.45) is 4.99 Å². The van der Waals surface area contributed by atoms with Crippen LogP contribution in [-0.4, -0.2) is 65.1 Å². The number of unbranched alkanes of at least 4 members (excludes halogenated alkanes) is 1. The molecule has 1 fully saturated rings. The molecule has 180 valence electrons. The summed E-state index contributed by atoms with van der Waals surface area (Å²) in [7, 11) is 1.71. The minimum Gasteiger partial charge on any atom is -0.444 e. The smallest absolute Gasteiger partial charge is 0.412 e. The Balaban J connectivity index is 1.85. The Labute approximate surface area is 191 Å². The van der Waals surface area contributed by atoms with Gasteiger partial charge in [-0.3, -0.25) is 14.7 Å². The molecule has 1 saturated heterocycles. The molecule has 0 saturated carbocycles. The largest absolute Gasteiger partial charge is 0.444 e. The second kappa shape index (κ2) is 10.8. The number of pyridine rings is 1. The van der Waals surface area contributed by atoms with Crippen molar-refractivity contribution in [3.8, 4) is 0 Å². The first-order valence-electron chi connectivity index (χ1n) is 11.2. The summed E-state index contributed by atoms with van der Waals surface area (Å²) in [6.45, 7) is 13.1. The Kier molecular flexibility index (Phi) is 8.72. The van der Waals surface area contributed by atoms with Gasteiger partial charge in [0, 0.05) is 38.9 Å². The van der Waals surface area contributed by atoms with Crippen LogP contribution in [0, 0.1) is 0 Å². The molecule has 1 aromatic heterocycles. The molecular formula is C23H39N5O4. The molecule has 2 atom stereocenters. The summed E-state index contributed by atoms with van der Waals surface area (Å²) < 4.78 is 13.4. The van der Waals surface area contributed by atoms with E-state index in [1.807, 2.05) is 47.6 Å². The molecule has 1 aliphatic heterocycles. The van der Waals surface area contributed by atoms with Gasteiger partial charge < -0.3 is 24.7 Å². The van der Waals surface area contributed by atoms with Gasteiger partial charge in [-0.15, -0.1) is 0 Å². The summed E-state index contributed by atoms with van der Waals surface area (Å²) in [4.78, 5) is 30.5. The number of nitrogens with zero attached hydrogens (tertiary/aromatic N) is 3. The van der Waals surface area contributed by atoms with Gasteiger partial charge in [-0.25, -0.2) is 4.79 Å². The Morgan fingerprint density at radius 2 is 1.97 bits per heavy atom. The average molecular weight is 450 g/mol. The Morgan fingerprint density at radius 1 is 1.25 bits per heavy atom. The van der Waals surface area contributed by atoms with Crippen molar-refractivity contribution in [3.05, 3.63) is 34.7 Å². The van der Waals surface area contributed by atoms with Crippen molar-refractivity contribution in [2.45, 2.75) is 84.4 Å². The predicted molar refractivity (Wildman–Crippen MR) is 126 cm³/mol. The van der Waals surface area contributed by atoms with Gasteiger partial charge in [0.25, 0.3) is 0 Å². The molecule has 1 aliphatic rings. The molecule has 0 aliphatic carbocycles. The first-order chi connectivity index (χ1) is 14.9. The molecule has 0 spiro atoms. The van der Waals surface area contributed by atoms with E-state index in [9.17, 15) is 9.59 Å². The molecule has 9 nitrogen and oxygen atoms in total. The van der Waals surface area contributed by atoms with Crippen molar-refractivity contribution in [1.82, 2.24) is 20.1 Å². The third-order valence-electron chi connectivity index (χ3n) is 5.24. The van der Waals surface area contributed by atoms with Crippen LogP contribution in [0.5, 0.6) is 0 Å². The van der Waals surface area contributed by atoms with E-state index < -0.39 is 17.4 Å². The van der Waals surface area contributed by atoms with E-state index in [2.05, 4.69) is 15.6 Å². The lowest BCUT2D eigenvalue weighted by molar-refractivity contribution is -0.0755. The van der Waals surface area contributed by atoms with E-state index in [1.54, 1.807) is 34.8 Å². The first-order valence-corrected chi connectivity index (χ1v) is 11.2. The molecule has 0 bridgehead atoms. The lowest BCUT2D eigenvalue weighted by Crippen LogP contribution is -2.54. The Hall–Kier alpha value is -2.55. The van der Waals surface area contributed by atoms with Crippen molar-refractivity contribution in [1.29, 1.82) is 0 Å². The molecule has 9 heteroatoms. The zero-order valence-corrected chi connectivity index (χ0v) is 20.5. The SMILES string of the molecule is CN=C(NCCCCn1ccccc1=O)NCC1C(C)OC(C)(C)N1C(=O)OC(C)(C)C. The monoisotopic (exact) mass is 449 g/mol. The Morgan fingerprint density at radius 3 is 2.59 bits per heavy atom. The number of aromatic nitrogens is 1. The number of guanidine groups is 1. The molecule has 2 heterocycles. The molecule has 1 amide bonds. The van der Waals surface area contributed by atoms with Crippen LogP contribution in [0.3, 0.4) is 0 Å². The molecular weight excluding hydrogens is 410 g/mol. The standard InChI is InChI=1S/C23H39N5O4/c1-17-18(28(23(5,6)31-17)21(30)32-22(2,3)4)16-26-20(24-7)25-13-9-11-15-27-14-10-8-12-19(27)29/h8,10,12,14,17-18H,9,11,13,15-16H2,1-7H3,(H2,24,25,26). The zero-order chi connectivity index (χ0) is 23.9. The fourth-order valence-corrected chi connectivity index (χ4v) is 3.80. The molecule has 0 aromatic carbocycles. The van der Waals surface area contributed by atoms with Crippen LogP contribution in [0.1, 0.15) is 54.4 Å². The summed E-state index contributed by atoms with van der Waals surface area (Å²) >= 11 is 0. The van der Waals surface area contributed by atoms with Gasteiger partial charge in [-0.05, 0) is 60.5 Å². The van der Waals surface area contributed by atoms with Crippen LogP contribution in [0.2, 0.25) is 0 Å². The second-order valence-corrected chi connectivity index (χ2v) is 9.51. The summed E-state index contributed by atoms with van der Waals surface area (Å²) in [5.74, 6) is 0.655. The van der Waals surface area contributed by atoms with Crippen LogP contribution < -0.4 is 16.2 Å². The van der Waals surface area contributed by atoms with Crippen molar-refractivity contribution in [3.63, 3.8) is 0 Å². The molecule has 2 rings (SSSR count). The number of rotatable bonds is 7. The highest BCUT2D eigenvalue weighted by Gasteiger charge is 2.49. The van der Waals surface area contributed by atoms with Crippen molar-refractivity contribution < 1.29 is 14.3 Å². The molecule has 1 aromatic rings. The third-order valence-corrected chi connectivity index (χ3v) is 5.24. The fraction of sp³-hybridized carbons (Fsp3) is 0.696. The number of aryl methyl sites for hydroxylation is 1. The van der Waals surface area contributed by atoms with Crippen molar-refractivity contribution in [2.75, 3.05) is 20.1 Å². The van der Waals surface area contributed by atoms with Crippen LogP contribution in [0.25, 0.3) is 0 Å². The fourth-order valence-electron chi connectivity index (χ4n) is 3.80. The van der Waals surface area contributed by atoms with Gasteiger partial charge in [-0.2, -0.15) is 0 Å². The minimum absolute atomic E-state index is 0.0169. The topological polar surface area (TPSA) is 97.2 Å². The number of hydrogen-bond donors (Lipinski definition) is 2. The van der Waals surface area contributed by atoms with E-state index in [4.69, 9.17) is 9.47 Å². The first kappa shape index (κ1) is 25.7. The van der Waals surface area contributed by atoms with Gasteiger partial charge >= 0.3 is 6.09 Å². The average Bonchev–Trinajstić information content (AvgIpc) is 2.91. The maximum absolute atomic E-state index is 12.9. The highest BCUT2D eigenvalue weighted by molar-refractivity contribution is 5.79. The van der Waals surface area contributed by atoms with Gasteiger partial charge in [0.2, 0.25) is 5.56 Å². The number of ether oxygens (including phenoxy) is 2. The lowest BCUT2D eigenvalue weighted by atomic mass is 10.1. The van der Waals surface area contributed by atoms with Crippen LogP contribution in [0.4, 0.5) is 4.79 Å². The predicted octanol–water partition coefficient (Wildman–Crippen LogP) is 2.55. The highest BCUT2D eigenvalue weighted by Crippen LogP contribution is 2.33. The van der Waals surface area contributed by atoms with E-state index in [0.717, 1.165) is 19.4 Å². The van der Waals surface area contributed by atoms with E-state index in [1.165, 1.54) is 0 Å². The van der Waals surface area contributed by atoms with Crippen LogP contribution in [-0.2, 0) is 16.0 Å². The third kappa shape index (κ3) is 7.25. The van der Waals surface area contributed by atoms with Gasteiger partial charge in [0.15, 0.2) is 5.96 Å². The number of carbonyl (C=O) groups is 1. The van der Waals surface area contributed by atoms with E-state index >= 15 is 0 Å². The van der Waals surface area contributed by atoms with E-state index in [-0.39, 0.29) is 17.7 Å². The molecule has 2 N–H and O–H groups in total. The van der Waals surface area contributed by atoms with E-state index in [0.29, 0.717) is 19.0 Å². The summed E-state index contributed by atoms with van der Waals surface area (Å²) in [6.07, 6.45) is 3.02. The normalized spacial score (nSPS) is 20.8. The van der Waals surface area contributed by atoms with Gasteiger partial charge in [0.1, 0.15) is 11.3 Å². The van der Waals surface area contributed by atoms with Crippen LogP contribution in [0.15, 0.2) is 34.2 Å². The maximum Gasteiger partial charge on any atom is 0.412 e. The minimum atomic E-state index is -0.763. The maximum atomic E-state index is 12.9. The quantitative estimate of drug-likeness (QED) is 0.377. The molecule has 2 unspecified atom stereocenters. The number of carbonyl (C=O) groups excluding carboxylic acids is 1. The van der Waals surface area contributed by atoms with Crippen LogP contribution >= 0.6 is 0 Å². The van der Waals surface area contributed by atoms with Gasteiger partial charge in [-0.1, -0.05) is 6.07 Å². The number of hydrogen-bond acceptors (Lipinski definition) is 5. The zero-order valence-electron chi connectivity index (χ0n) is 20.5. The molecule has 0 radical (unpaired) electrons. The lowest BCUT2D eigenvalue weighted by Gasteiger charge is -2.35. The number of nitrogens with one attached hydrogen (secondary N) is 2. The van der Waals surface area contributed by atoms with Crippen molar-refractivity contribution >= 4 is 12.1 Å². The number of amides is 1. The summed E-state index contributed by atoms with van der Waals surface area (Å²) in [5.41, 5.74) is -1.33. The second-order valence-electron chi connectivity index (χ2n) is 9.51. The Bertz CT molecular complexity index is 843. The molecule has 32 heavy (non-hydrogen) atoms.